The number of rotatable bonds is 7. The number of hydrogen-bond donors (Lipinski definition) is 3. The van der Waals surface area contributed by atoms with Crippen molar-refractivity contribution in [2.75, 3.05) is 48.9 Å². The first kappa shape index (κ1) is 22.8. The predicted octanol–water partition coefficient (Wildman–Crippen LogP) is 5.43. The van der Waals surface area contributed by atoms with Gasteiger partial charge in [-0.05, 0) is 42.5 Å². The predicted molar refractivity (Wildman–Crippen MR) is 146 cm³/mol. The molecular formula is C28H27N7O2. The largest absolute Gasteiger partial charge is 0.438 e. The molecule has 9 heteroatoms. The summed E-state index contributed by atoms with van der Waals surface area (Å²) in [6, 6.07) is 19.9. The van der Waals surface area contributed by atoms with Gasteiger partial charge in [-0.1, -0.05) is 18.2 Å². The van der Waals surface area contributed by atoms with E-state index >= 15 is 0 Å². The molecule has 0 saturated carbocycles. The molecule has 1 aliphatic heterocycles. The summed E-state index contributed by atoms with van der Waals surface area (Å²) in [6.45, 7) is 3.31. The maximum Gasteiger partial charge on any atom is 0.234 e. The van der Waals surface area contributed by atoms with Crippen LogP contribution in [0.4, 0.5) is 23.0 Å². The van der Waals surface area contributed by atoms with Gasteiger partial charge < -0.3 is 30.0 Å². The maximum atomic E-state index is 6.28. The number of hydrogen-bond acceptors (Lipinski definition) is 8. The fourth-order valence-electron chi connectivity index (χ4n) is 4.39. The first-order valence-electron chi connectivity index (χ1n) is 12.2. The van der Waals surface area contributed by atoms with E-state index in [1.165, 1.54) is 5.69 Å². The van der Waals surface area contributed by atoms with E-state index in [2.05, 4.69) is 37.6 Å². The molecule has 2 aromatic carbocycles. The smallest absolute Gasteiger partial charge is 0.234 e. The Morgan fingerprint density at radius 1 is 0.946 bits per heavy atom. The standard InChI is InChI=1S/C28H27N7O2/c1-29-21-15-19(16-30-17-21)24-18-31-26-25(24)27(37-23-5-3-2-4-6-23)34-28(33-26)32-20-7-9-22(10-8-20)35-11-13-36-14-12-35/h2-10,15-18,29H,11-14H2,1H3,(H2,31,32,33,34). The molecule has 0 amide bonds. The molecule has 0 bridgehead atoms. The zero-order valence-corrected chi connectivity index (χ0v) is 20.4. The van der Waals surface area contributed by atoms with E-state index in [1.807, 2.05) is 68.0 Å². The zero-order chi connectivity index (χ0) is 25.0. The van der Waals surface area contributed by atoms with Crippen molar-refractivity contribution in [3.05, 3.63) is 79.3 Å². The van der Waals surface area contributed by atoms with Crippen LogP contribution in [0.3, 0.4) is 0 Å². The van der Waals surface area contributed by atoms with Crippen molar-refractivity contribution in [1.82, 2.24) is 19.9 Å². The van der Waals surface area contributed by atoms with E-state index in [4.69, 9.17) is 19.4 Å². The Morgan fingerprint density at radius 2 is 1.76 bits per heavy atom. The summed E-state index contributed by atoms with van der Waals surface area (Å²) in [5.74, 6) is 1.58. The molecule has 186 valence electrons. The number of H-pyrrole nitrogens is 1. The minimum atomic E-state index is 0.438. The lowest BCUT2D eigenvalue weighted by Crippen LogP contribution is -2.36. The van der Waals surface area contributed by atoms with Crippen LogP contribution in [-0.2, 0) is 4.74 Å². The number of fused-ring (bicyclic) bond motifs is 1. The summed E-state index contributed by atoms with van der Waals surface area (Å²) >= 11 is 0. The second-order valence-electron chi connectivity index (χ2n) is 8.68. The van der Waals surface area contributed by atoms with Gasteiger partial charge >= 0.3 is 0 Å². The van der Waals surface area contributed by atoms with Gasteiger partial charge in [-0.25, -0.2) is 0 Å². The zero-order valence-electron chi connectivity index (χ0n) is 20.4. The molecule has 1 fully saturated rings. The van der Waals surface area contributed by atoms with Gasteiger partial charge in [0.05, 0.1) is 24.3 Å². The molecule has 9 nitrogen and oxygen atoms in total. The third-order valence-electron chi connectivity index (χ3n) is 6.29. The lowest BCUT2D eigenvalue weighted by molar-refractivity contribution is 0.122. The number of benzene rings is 2. The second kappa shape index (κ2) is 10.2. The van der Waals surface area contributed by atoms with Crippen LogP contribution < -0.4 is 20.3 Å². The highest BCUT2D eigenvalue weighted by Gasteiger charge is 2.18. The summed E-state index contributed by atoms with van der Waals surface area (Å²) in [4.78, 5) is 19.5. The Balaban J connectivity index is 1.36. The molecular weight excluding hydrogens is 466 g/mol. The number of ether oxygens (including phenoxy) is 2. The summed E-state index contributed by atoms with van der Waals surface area (Å²) in [6.07, 6.45) is 5.51. The molecule has 0 radical (unpaired) electrons. The quantitative estimate of drug-likeness (QED) is 0.276. The summed E-state index contributed by atoms with van der Waals surface area (Å²) in [5.41, 5.74) is 5.48. The Labute approximate surface area is 214 Å². The van der Waals surface area contributed by atoms with Gasteiger partial charge in [-0.15, -0.1) is 0 Å². The normalized spacial score (nSPS) is 13.5. The molecule has 0 atom stereocenters. The number of nitrogens with zero attached hydrogens (tertiary/aromatic N) is 4. The van der Waals surface area contributed by atoms with Gasteiger partial charge in [-0.2, -0.15) is 9.97 Å². The molecule has 4 heterocycles. The van der Waals surface area contributed by atoms with Gasteiger partial charge in [0, 0.05) is 61.2 Å². The van der Waals surface area contributed by atoms with E-state index < -0.39 is 0 Å². The van der Waals surface area contributed by atoms with Crippen LogP contribution in [0.5, 0.6) is 11.6 Å². The minimum Gasteiger partial charge on any atom is -0.438 e. The van der Waals surface area contributed by atoms with Crippen LogP contribution in [0.2, 0.25) is 0 Å². The highest BCUT2D eigenvalue weighted by Crippen LogP contribution is 2.37. The van der Waals surface area contributed by atoms with Gasteiger partial charge in [0.15, 0.2) is 0 Å². The fraction of sp³-hybridized carbons (Fsp3) is 0.179. The highest BCUT2D eigenvalue weighted by molar-refractivity contribution is 5.98. The summed E-state index contributed by atoms with van der Waals surface area (Å²) in [5, 5.41) is 7.25. The number of anilines is 4. The first-order valence-corrected chi connectivity index (χ1v) is 12.2. The Kier molecular flexibility index (Phi) is 6.26. The van der Waals surface area contributed by atoms with Crippen molar-refractivity contribution >= 4 is 34.0 Å². The second-order valence-corrected chi connectivity index (χ2v) is 8.68. The number of aromatic nitrogens is 4. The van der Waals surface area contributed by atoms with Gasteiger partial charge in [0.1, 0.15) is 11.4 Å². The van der Waals surface area contributed by atoms with E-state index in [0.29, 0.717) is 23.2 Å². The third-order valence-corrected chi connectivity index (χ3v) is 6.29. The van der Waals surface area contributed by atoms with Crippen molar-refractivity contribution in [3.8, 4) is 22.8 Å². The van der Waals surface area contributed by atoms with E-state index in [-0.39, 0.29) is 0 Å². The summed E-state index contributed by atoms with van der Waals surface area (Å²) in [7, 11) is 1.87. The van der Waals surface area contributed by atoms with Gasteiger partial charge in [-0.3, -0.25) is 4.98 Å². The number of morpholine rings is 1. The number of aromatic amines is 1. The number of nitrogens with one attached hydrogen (secondary N) is 3. The van der Waals surface area contributed by atoms with E-state index in [1.54, 1.807) is 6.20 Å². The third kappa shape index (κ3) is 4.89. The molecule has 1 saturated heterocycles. The van der Waals surface area contributed by atoms with Crippen molar-refractivity contribution < 1.29 is 9.47 Å². The van der Waals surface area contributed by atoms with E-state index in [9.17, 15) is 0 Å². The topological polar surface area (TPSA) is 100 Å². The molecule has 0 unspecified atom stereocenters. The lowest BCUT2D eigenvalue weighted by atomic mass is 10.1. The van der Waals surface area contributed by atoms with E-state index in [0.717, 1.165) is 54.2 Å². The minimum absolute atomic E-state index is 0.438. The molecule has 0 spiro atoms. The summed E-state index contributed by atoms with van der Waals surface area (Å²) < 4.78 is 11.7. The molecule has 37 heavy (non-hydrogen) atoms. The number of pyridine rings is 1. The molecule has 3 N–H and O–H groups in total. The van der Waals surface area contributed by atoms with Crippen LogP contribution in [0.25, 0.3) is 22.2 Å². The van der Waals surface area contributed by atoms with Gasteiger partial charge in [0.2, 0.25) is 11.8 Å². The Hall–Kier alpha value is -4.63. The van der Waals surface area contributed by atoms with Crippen molar-refractivity contribution in [2.24, 2.45) is 0 Å². The molecule has 0 aliphatic carbocycles. The number of para-hydroxylation sites is 1. The Bertz CT molecular complexity index is 1500. The van der Waals surface area contributed by atoms with Crippen LogP contribution in [0.1, 0.15) is 0 Å². The van der Waals surface area contributed by atoms with Crippen molar-refractivity contribution in [2.45, 2.75) is 0 Å². The van der Waals surface area contributed by atoms with Crippen LogP contribution >= 0.6 is 0 Å². The first-order chi connectivity index (χ1) is 18.3. The van der Waals surface area contributed by atoms with Crippen molar-refractivity contribution in [1.29, 1.82) is 0 Å². The highest BCUT2D eigenvalue weighted by atomic mass is 16.5. The molecule has 5 aromatic rings. The molecule has 1 aliphatic rings. The lowest BCUT2D eigenvalue weighted by Gasteiger charge is -2.28. The SMILES string of the molecule is CNc1cncc(-c2c[nH]c3nc(Nc4ccc(N5CCOCC5)cc4)nc(Oc4ccccc4)c23)c1. The average Bonchev–Trinajstić information content (AvgIpc) is 3.39. The molecule has 3 aromatic heterocycles. The van der Waals surface area contributed by atoms with Crippen LogP contribution in [-0.4, -0.2) is 53.3 Å². The van der Waals surface area contributed by atoms with Crippen molar-refractivity contribution in [3.63, 3.8) is 0 Å². The molecule has 6 rings (SSSR count). The fourth-order valence-corrected chi connectivity index (χ4v) is 4.39. The Morgan fingerprint density at radius 3 is 2.54 bits per heavy atom. The van der Waals surface area contributed by atoms with Crippen LogP contribution in [0, 0.1) is 0 Å². The van der Waals surface area contributed by atoms with Gasteiger partial charge in [0.25, 0.3) is 0 Å². The monoisotopic (exact) mass is 493 g/mol. The average molecular weight is 494 g/mol. The van der Waals surface area contributed by atoms with Crippen LogP contribution in [0.15, 0.2) is 79.3 Å². The maximum absolute atomic E-state index is 6.28.